The van der Waals surface area contributed by atoms with Crippen LogP contribution in [0.15, 0.2) is 97.1 Å². The first-order valence-corrected chi connectivity index (χ1v) is 13.0. The van der Waals surface area contributed by atoms with E-state index >= 15 is 0 Å². The van der Waals surface area contributed by atoms with Crippen molar-refractivity contribution in [3.05, 3.63) is 114 Å². The Morgan fingerprint density at radius 2 is 0.889 bits per heavy atom. The molecule has 0 saturated heterocycles. The normalized spacial score (nSPS) is 10.8. The second-order valence-electron chi connectivity index (χ2n) is 9.31. The standard InChI is InChI=1S/C33H35NO2/c1-3-5-25-9-18-30(19-10-25)34(31-20-11-26(6-4-2)12-21-31)32-22-16-29(17-23-32)28-14-7-27(8-15-28)13-24-33(35)36/h7-12,14-23H,3-6,13,24H2,1-2H3,(H,35,36). The number of aryl methyl sites for hydroxylation is 3. The Hall–Kier alpha value is -3.85. The fourth-order valence-electron chi connectivity index (χ4n) is 4.57. The van der Waals surface area contributed by atoms with Gasteiger partial charge in [-0.3, -0.25) is 4.79 Å². The minimum Gasteiger partial charge on any atom is -0.481 e. The Labute approximate surface area is 215 Å². The number of carbonyl (C=O) groups is 1. The number of rotatable bonds is 11. The molecule has 184 valence electrons. The Morgan fingerprint density at radius 1 is 0.556 bits per heavy atom. The van der Waals surface area contributed by atoms with Crippen LogP contribution in [-0.4, -0.2) is 11.1 Å². The van der Waals surface area contributed by atoms with Gasteiger partial charge in [-0.15, -0.1) is 0 Å². The summed E-state index contributed by atoms with van der Waals surface area (Å²) < 4.78 is 0. The number of carboxylic acid groups (broad SMARTS) is 1. The van der Waals surface area contributed by atoms with Gasteiger partial charge in [0.1, 0.15) is 0 Å². The average Bonchev–Trinajstić information content (AvgIpc) is 2.91. The van der Waals surface area contributed by atoms with Crippen LogP contribution in [0, 0.1) is 0 Å². The molecule has 0 saturated carbocycles. The quantitative estimate of drug-likeness (QED) is 0.235. The highest BCUT2D eigenvalue weighted by Crippen LogP contribution is 2.36. The van der Waals surface area contributed by atoms with Crippen LogP contribution in [0.5, 0.6) is 0 Å². The minimum absolute atomic E-state index is 0.155. The lowest BCUT2D eigenvalue weighted by atomic mass is 10.0. The molecule has 3 heteroatoms. The van der Waals surface area contributed by atoms with E-state index in [1.165, 1.54) is 11.1 Å². The lowest BCUT2D eigenvalue weighted by molar-refractivity contribution is -0.136. The van der Waals surface area contributed by atoms with Crippen molar-refractivity contribution in [3.8, 4) is 11.1 Å². The van der Waals surface area contributed by atoms with E-state index in [9.17, 15) is 4.79 Å². The van der Waals surface area contributed by atoms with Crippen LogP contribution in [-0.2, 0) is 24.1 Å². The highest BCUT2D eigenvalue weighted by atomic mass is 16.4. The maximum absolute atomic E-state index is 10.8. The average molecular weight is 478 g/mol. The summed E-state index contributed by atoms with van der Waals surface area (Å²) >= 11 is 0. The number of hydrogen-bond acceptors (Lipinski definition) is 2. The van der Waals surface area contributed by atoms with Crippen LogP contribution in [0.4, 0.5) is 17.1 Å². The summed E-state index contributed by atoms with van der Waals surface area (Å²) in [6.07, 6.45) is 5.18. The summed E-state index contributed by atoms with van der Waals surface area (Å²) in [5, 5.41) is 8.91. The summed E-state index contributed by atoms with van der Waals surface area (Å²) in [4.78, 5) is 13.2. The van der Waals surface area contributed by atoms with Gasteiger partial charge in [-0.1, -0.05) is 87.4 Å². The van der Waals surface area contributed by atoms with Gasteiger partial charge in [0, 0.05) is 23.5 Å². The molecule has 1 N–H and O–H groups in total. The van der Waals surface area contributed by atoms with Gasteiger partial charge in [0.2, 0.25) is 0 Å². The molecule has 4 aromatic rings. The van der Waals surface area contributed by atoms with Crippen molar-refractivity contribution < 1.29 is 9.90 Å². The summed E-state index contributed by atoms with van der Waals surface area (Å²) in [5.74, 6) is -0.765. The molecule has 0 atom stereocenters. The van der Waals surface area contributed by atoms with Crippen LogP contribution in [0.1, 0.15) is 49.8 Å². The third-order valence-electron chi connectivity index (χ3n) is 6.51. The number of benzene rings is 4. The third kappa shape index (κ3) is 6.42. The Bertz CT molecular complexity index is 1190. The highest BCUT2D eigenvalue weighted by Gasteiger charge is 2.13. The SMILES string of the molecule is CCCc1ccc(N(c2ccc(CCC)cc2)c2ccc(-c3ccc(CCC(=O)O)cc3)cc2)cc1. The van der Waals surface area contributed by atoms with Gasteiger partial charge in [-0.05, 0) is 83.5 Å². The predicted octanol–water partition coefficient (Wildman–Crippen LogP) is 8.75. The summed E-state index contributed by atoms with van der Waals surface area (Å²) in [6.45, 7) is 4.42. The molecule has 0 amide bonds. The van der Waals surface area contributed by atoms with Crippen molar-refractivity contribution in [1.29, 1.82) is 0 Å². The zero-order chi connectivity index (χ0) is 25.3. The van der Waals surface area contributed by atoms with Gasteiger partial charge in [-0.25, -0.2) is 0 Å². The second-order valence-corrected chi connectivity index (χ2v) is 9.31. The van der Waals surface area contributed by atoms with E-state index in [1.54, 1.807) is 0 Å². The molecular formula is C33H35NO2. The smallest absolute Gasteiger partial charge is 0.303 e. The van der Waals surface area contributed by atoms with Crippen molar-refractivity contribution in [2.45, 2.75) is 52.4 Å². The van der Waals surface area contributed by atoms with E-state index in [0.717, 1.165) is 59.4 Å². The molecule has 0 aromatic heterocycles. The fraction of sp³-hybridized carbons (Fsp3) is 0.242. The molecule has 3 nitrogen and oxygen atoms in total. The largest absolute Gasteiger partial charge is 0.481 e. The maximum Gasteiger partial charge on any atom is 0.303 e. The first-order valence-electron chi connectivity index (χ1n) is 13.0. The molecule has 4 aromatic carbocycles. The first-order chi connectivity index (χ1) is 17.6. The van der Waals surface area contributed by atoms with Crippen molar-refractivity contribution in [2.24, 2.45) is 0 Å². The molecule has 0 heterocycles. The monoisotopic (exact) mass is 477 g/mol. The van der Waals surface area contributed by atoms with Gasteiger partial charge in [0.25, 0.3) is 0 Å². The Kier molecular flexibility index (Phi) is 8.57. The van der Waals surface area contributed by atoms with E-state index in [0.29, 0.717) is 6.42 Å². The summed E-state index contributed by atoms with van der Waals surface area (Å²) in [5.41, 5.74) is 9.44. The topological polar surface area (TPSA) is 40.5 Å². The van der Waals surface area contributed by atoms with Gasteiger partial charge in [0.05, 0.1) is 0 Å². The third-order valence-corrected chi connectivity index (χ3v) is 6.51. The van der Waals surface area contributed by atoms with Gasteiger partial charge >= 0.3 is 5.97 Å². The van der Waals surface area contributed by atoms with Crippen LogP contribution >= 0.6 is 0 Å². The van der Waals surface area contributed by atoms with Crippen molar-refractivity contribution >= 4 is 23.0 Å². The maximum atomic E-state index is 10.8. The van der Waals surface area contributed by atoms with Crippen LogP contribution in [0.2, 0.25) is 0 Å². The number of hydrogen-bond donors (Lipinski definition) is 1. The minimum atomic E-state index is -0.765. The van der Waals surface area contributed by atoms with Gasteiger partial charge in [0.15, 0.2) is 0 Å². The summed E-state index contributed by atoms with van der Waals surface area (Å²) in [7, 11) is 0. The molecule has 0 radical (unpaired) electrons. The van der Waals surface area contributed by atoms with E-state index < -0.39 is 5.97 Å². The van der Waals surface area contributed by atoms with Crippen molar-refractivity contribution in [3.63, 3.8) is 0 Å². The molecule has 0 aliphatic heterocycles. The van der Waals surface area contributed by atoms with Gasteiger partial charge in [-0.2, -0.15) is 0 Å². The molecule has 36 heavy (non-hydrogen) atoms. The molecular weight excluding hydrogens is 442 g/mol. The highest BCUT2D eigenvalue weighted by molar-refractivity contribution is 5.78. The van der Waals surface area contributed by atoms with E-state index in [1.807, 2.05) is 12.1 Å². The van der Waals surface area contributed by atoms with E-state index in [2.05, 4.69) is 104 Å². The zero-order valence-corrected chi connectivity index (χ0v) is 21.3. The molecule has 0 aliphatic carbocycles. The number of carboxylic acids is 1. The lowest BCUT2D eigenvalue weighted by Crippen LogP contribution is -2.10. The molecule has 0 fully saturated rings. The molecule has 0 spiro atoms. The van der Waals surface area contributed by atoms with Gasteiger partial charge < -0.3 is 10.0 Å². The molecule has 0 bridgehead atoms. The van der Waals surface area contributed by atoms with E-state index in [4.69, 9.17) is 5.11 Å². The second kappa shape index (κ2) is 12.2. The number of aliphatic carboxylic acids is 1. The molecule has 4 rings (SSSR count). The van der Waals surface area contributed by atoms with Crippen LogP contribution in [0.25, 0.3) is 11.1 Å². The summed E-state index contributed by atoms with van der Waals surface area (Å²) in [6, 6.07) is 34.7. The lowest BCUT2D eigenvalue weighted by Gasteiger charge is -2.26. The van der Waals surface area contributed by atoms with Crippen LogP contribution < -0.4 is 4.90 Å². The van der Waals surface area contributed by atoms with E-state index in [-0.39, 0.29) is 6.42 Å². The first kappa shape index (κ1) is 25.2. The number of nitrogens with zero attached hydrogens (tertiary/aromatic N) is 1. The Balaban J connectivity index is 1.62. The molecule has 0 aliphatic rings. The van der Waals surface area contributed by atoms with Crippen molar-refractivity contribution in [2.75, 3.05) is 4.90 Å². The van der Waals surface area contributed by atoms with Crippen molar-refractivity contribution in [1.82, 2.24) is 0 Å². The molecule has 0 unspecified atom stereocenters. The fourth-order valence-corrected chi connectivity index (χ4v) is 4.57. The predicted molar refractivity (Wildman–Crippen MR) is 151 cm³/mol. The zero-order valence-electron chi connectivity index (χ0n) is 21.3. The van der Waals surface area contributed by atoms with Crippen LogP contribution in [0.3, 0.4) is 0 Å². The Morgan fingerprint density at radius 3 is 1.28 bits per heavy atom. The number of anilines is 3.